The Hall–Kier alpha value is -2.68. The van der Waals surface area contributed by atoms with Crippen LogP contribution in [0.3, 0.4) is 0 Å². The SMILES string of the molecule is Cn1c(SCC(=O)NCc2ccccc2OC(F)(F)F)nc2ccccc21. The van der Waals surface area contributed by atoms with Crippen molar-refractivity contribution in [2.24, 2.45) is 7.05 Å². The molecule has 1 N–H and O–H groups in total. The second-order valence-electron chi connectivity index (χ2n) is 5.66. The lowest BCUT2D eigenvalue weighted by Crippen LogP contribution is -2.26. The Morgan fingerprint density at radius 3 is 2.63 bits per heavy atom. The number of nitrogens with one attached hydrogen (secondary N) is 1. The molecule has 0 atom stereocenters. The number of thioether (sulfide) groups is 1. The molecular weight excluding hydrogens is 379 g/mol. The van der Waals surface area contributed by atoms with Crippen molar-refractivity contribution in [1.29, 1.82) is 0 Å². The molecule has 9 heteroatoms. The average Bonchev–Trinajstić information content (AvgIpc) is 2.94. The van der Waals surface area contributed by atoms with Gasteiger partial charge in [0, 0.05) is 19.2 Å². The number of para-hydroxylation sites is 3. The summed E-state index contributed by atoms with van der Waals surface area (Å²) in [5.74, 6) is -0.540. The Bertz CT molecular complexity index is 956. The number of aromatic nitrogens is 2. The number of alkyl halides is 3. The molecule has 5 nitrogen and oxygen atoms in total. The molecule has 1 aromatic heterocycles. The largest absolute Gasteiger partial charge is 0.573 e. The fourth-order valence-corrected chi connectivity index (χ4v) is 3.32. The first-order chi connectivity index (χ1) is 12.8. The first-order valence-corrected chi connectivity index (χ1v) is 8.96. The summed E-state index contributed by atoms with van der Waals surface area (Å²) in [4.78, 5) is 16.5. The van der Waals surface area contributed by atoms with Crippen LogP contribution in [0.15, 0.2) is 53.7 Å². The van der Waals surface area contributed by atoms with Gasteiger partial charge in [0.05, 0.1) is 16.8 Å². The minimum atomic E-state index is -4.78. The van der Waals surface area contributed by atoms with Crippen LogP contribution in [0.5, 0.6) is 5.75 Å². The van der Waals surface area contributed by atoms with E-state index in [1.54, 1.807) is 6.07 Å². The zero-order valence-corrected chi connectivity index (χ0v) is 15.1. The highest BCUT2D eigenvalue weighted by molar-refractivity contribution is 7.99. The first kappa shape index (κ1) is 19.1. The minimum Gasteiger partial charge on any atom is -0.405 e. The highest BCUT2D eigenvalue weighted by Gasteiger charge is 2.31. The Balaban J connectivity index is 1.58. The van der Waals surface area contributed by atoms with Crippen molar-refractivity contribution in [1.82, 2.24) is 14.9 Å². The van der Waals surface area contributed by atoms with Gasteiger partial charge >= 0.3 is 6.36 Å². The van der Waals surface area contributed by atoms with E-state index in [-0.39, 0.29) is 29.5 Å². The fraction of sp³-hybridized carbons (Fsp3) is 0.222. The minimum absolute atomic E-state index is 0.0613. The van der Waals surface area contributed by atoms with Crippen molar-refractivity contribution in [2.75, 3.05) is 5.75 Å². The molecule has 0 unspecified atom stereocenters. The van der Waals surface area contributed by atoms with E-state index in [0.29, 0.717) is 5.16 Å². The van der Waals surface area contributed by atoms with Crippen LogP contribution in [0.2, 0.25) is 0 Å². The number of hydrogen-bond donors (Lipinski definition) is 1. The molecule has 27 heavy (non-hydrogen) atoms. The standard InChI is InChI=1S/C18H16F3N3O2S/c1-24-14-8-4-3-7-13(14)23-17(24)27-11-16(25)22-10-12-6-2-5-9-15(12)26-18(19,20)21/h2-9H,10-11H2,1H3,(H,22,25). The van der Waals surface area contributed by atoms with Gasteiger partial charge in [0.15, 0.2) is 5.16 Å². The summed E-state index contributed by atoms with van der Waals surface area (Å²) in [6.45, 7) is -0.0613. The smallest absolute Gasteiger partial charge is 0.405 e. The van der Waals surface area contributed by atoms with Gasteiger partial charge in [-0.25, -0.2) is 4.98 Å². The predicted octanol–water partition coefficient (Wildman–Crippen LogP) is 3.88. The van der Waals surface area contributed by atoms with E-state index in [2.05, 4.69) is 15.0 Å². The van der Waals surface area contributed by atoms with E-state index >= 15 is 0 Å². The molecule has 1 amide bonds. The molecule has 1 heterocycles. The number of halogens is 3. The van der Waals surface area contributed by atoms with Crippen LogP contribution in [0.25, 0.3) is 11.0 Å². The maximum Gasteiger partial charge on any atom is 0.573 e. The molecule has 0 aliphatic rings. The zero-order valence-electron chi connectivity index (χ0n) is 14.3. The topological polar surface area (TPSA) is 56.2 Å². The zero-order chi connectivity index (χ0) is 19.4. The quantitative estimate of drug-likeness (QED) is 0.644. The molecule has 0 bridgehead atoms. The number of fused-ring (bicyclic) bond motifs is 1. The molecule has 0 aliphatic heterocycles. The van der Waals surface area contributed by atoms with Gasteiger partial charge < -0.3 is 14.6 Å². The van der Waals surface area contributed by atoms with Gasteiger partial charge in [-0.2, -0.15) is 0 Å². The lowest BCUT2D eigenvalue weighted by atomic mass is 10.2. The summed E-state index contributed by atoms with van der Waals surface area (Å²) in [5, 5.41) is 3.29. The highest BCUT2D eigenvalue weighted by Crippen LogP contribution is 2.26. The van der Waals surface area contributed by atoms with Crippen LogP contribution < -0.4 is 10.1 Å². The second kappa shape index (κ2) is 7.91. The van der Waals surface area contributed by atoms with Crippen LogP contribution in [-0.4, -0.2) is 27.6 Å². The summed E-state index contributed by atoms with van der Waals surface area (Å²) in [7, 11) is 1.86. The average molecular weight is 395 g/mol. The third-order valence-corrected chi connectivity index (χ3v) is 4.78. The molecule has 0 saturated heterocycles. The molecule has 142 valence electrons. The number of aryl methyl sites for hydroxylation is 1. The van der Waals surface area contributed by atoms with Crippen LogP contribution in [0.4, 0.5) is 13.2 Å². The number of carbonyl (C=O) groups excluding carboxylic acids is 1. The maximum atomic E-state index is 12.4. The predicted molar refractivity (Wildman–Crippen MR) is 96.4 cm³/mol. The molecule has 0 saturated carbocycles. The van der Waals surface area contributed by atoms with Gasteiger partial charge in [-0.1, -0.05) is 42.1 Å². The van der Waals surface area contributed by atoms with Crippen LogP contribution in [0.1, 0.15) is 5.56 Å². The van der Waals surface area contributed by atoms with Gasteiger partial charge in [0.25, 0.3) is 0 Å². The molecular formula is C18H16F3N3O2S. The third kappa shape index (κ3) is 4.94. The van der Waals surface area contributed by atoms with Crippen molar-refractivity contribution in [3.05, 3.63) is 54.1 Å². The van der Waals surface area contributed by atoms with Crippen LogP contribution in [-0.2, 0) is 18.4 Å². The number of benzene rings is 2. The summed E-state index contributed by atoms with van der Waals surface area (Å²) in [5.41, 5.74) is 2.04. The van der Waals surface area contributed by atoms with Crippen molar-refractivity contribution in [2.45, 2.75) is 18.1 Å². The molecule has 0 spiro atoms. The summed E-state index contributed by atoms with van der Waals surface area (Å²) >= 11 is 1.26. The van der Waals surface area contributed by atoms with E-state index in [0.717, 1.165) is 11.0 Å². The lowest BCUT2D eigenvalue weighted by molar-refractivity contribution is -0.274. The van der Waals surface area contributed by atoms with E-state index in [1.165, 1.54) is 30.0 Å². The Kier molecular flexibility index (Phi) is 5.59. The second-order valence-corrected chi connectivity index (χ2v) is 6.61. The Morgan fingerprint density at radius 1 is 1.19 bits per heavy atom. The van der Waals surface area contributed by atoms with Crippen LogP contribution >= 0.6 is 11.8 Å². The summed E-state index contributed by atoms with van der Waals surface area (Å²) in [6.07, 6.45) is -4.78. The monoisotopic (exact) mass is 395 g/mol. The lowest BCUT2D eigenvalue weighted by Gasteiger charge is -2.13. The van der Waals surface area contributed by atoms with Crippen molar-refractivity contribution >= 4 is 28.7 Å². The normalized spacial score (nSPS) is 11.6. The van der Waals surface area contributed by atoms with Crippen molar-refractivity contribution < 1.29 is 22.7 Å². The molecule has 0 radical (unpaired) electrons. The summed E-state index contributed by atoms with van der Waals surface area (Å²) in [6, 6.07) is 13.3. The molecule has 2 aromatic carbocycles. The van der Waals surface area contributed by atoms with E-state index in [4.69, 9.17) is 0 Å². The summed E-state index contributed by atoms with van der Waals surface area (Å²) < 4.78 is 43.2. The van der Waals surface area contributed by atoms with Gasteiger partial charge in [0.1, 0.15) is 5.75 Å². The first-order valence-electron chi connectivity index (χ1n) is 7.98. The Morgan fingerprint density at radius 2 is 1.89 bits per heavy atom. The van der Waals surface area contributed by atoms with Gasteiger partial charge in [0.2, 0.25) is 5.91 Å². The molecule has 0 fully saturated rings. The number of nitrogens with zero attached hydrogens (tertiary/aromatic N) is 2. The Labute approximate surface area is 157 Å². The number of amides is 1. The number of ether oxygens (including phenoxy) is 1. The molecule has 3 rings (SSSR count). The van der Waals surface area contributed by atoms with Gasteiger partial charge in [-0.05, 0) is 18.2 Å². The fourth-order valence-electron chi connectivity index (χ4n) is 2.50. The maximum absolute atomic E-state index is 12.4. The van der Waals surface area contributed by atoms with E-state index in [9.17, 15) is 18.0 Å². The molecule has 0 aliphatic carbocycles. The van der Waals surface area contributed by atoms with Crippen molar-refractivity contribution in [3.63, 3.8) is 0 Å². The molecule has 3 aromatic rings. The number of hydrogen-bond acceptors (Lipinski definition) is 4. The third-order valence-electron chi connectivity index (χ3n) is 3.75. The highest BCUT2D eigenvalue weighted by atomic mass is 32.2. The van der Waals surface area contributed by atoms with E-state index in [1.807, 2.05) is 35.9 Å². The van der Waals surface area contributed by atoms with Crippen LogP contribution in [0, 0.1) is 0 Å². The van der Waals surface area contributed by atoms with Gasteiger partial charge in [-0.3, -0.25) is 4.79 Å². The number of carbonyl (C=O) groups is 1. The van der Waals surface area contributed by atoms with Gasteiger partial charge in [-0.15, -0.1) is 13.2 Å². The number of imidazole rings is 1. The number of rotatable bonds is 6. The van der Waals surface area contributed by atoms with E-state index < -0.39 is 6.36 Å². The van der Waals surface area contributed by atoms with Crippen molar-refractivity contribution in [3.8, 4) is 5.75 Å².